The lowest BCUT2D eigenvalue weighted by molar-refractivity contribution is -0.367. The molecule has 25 heteroatoms. The van der Waals surface area contributed by atoms with Crippen molar-refractivity contribution in [3.05, 3.63) is 108 Å². The van der Waals surface area contributed by atoms with Gasteiger partial charge in [-0.3, -0.25) is 19.2 Å². The molecule has 0 spiro atoms. The summed E-state index contributed by atoms with van der Waals surface area (Å²) in [6, 6.07) is 20.7. The maximum atomic E-state index is 14.4. The average molecular weight is 1070 g/mol. The second-order valence-corrected chi connectivity index (χ2v) is 19.2. The SMILES string of the molecule is O=C1C[C@@H](NC[C@H](O)[C@@H](O)[C@H](O[C@H]2O[C@H](CO)[C@@H](O[C@H]3O[C@H](CO)[C@@H](O)[C@H](O)[C@H]3O)[C@H](O)[C@H]2O)[C@H](O)CO)C(=O)NC[C@@H](Cc2ccccc2)NC(=O)[C@H](Cc2ccccc2)NC(=O)[C@H](Cc2c[nH]c3ccccc23)N1. The Morgan fingerprint density at radius 1 is 0.632 bits per heavy atom. The third kappa shape index (κ3) is 14.5. The number of amides is 4. The van der Waals surface area contributed by atoms with Gasteiger partial charge in [0.05, 0.1) is 44.4 Å². The number of hydrogen-bond donors (Lipinski definition) is 17. The van der Waals surface area contributed by atoms with E-state index in [9.17, 15) is 75.3 Å². The van der Waals surface area contributed by atoms with Crippen molar-refractivity contribution in [2.24, 2.45) is 0 Å². The number of nitrogens with one attached hydrogen (secondary N) is 6. The van der Waals surface area contributed by atoms with E-state index in [1.807, 2.05) is 60.7 Å². The Morgan fingerprint density at radius 3 is 1.91 bits per heavy atom. The zero-order valence-electron chi connectivity index (χ0n) is 41.1. The van der Waals surface area contributed by atoms with Gasteiger partial charge in [0, 0.05) is 43.0 Å². The summed E-state index contributed by atoms with van der Waals surface area (Å²) in [5.41, 5.74) is 2.96. The third-order valence-electron chi connectivity index (χ3n) is 13.7. The van der Waals surface area contributed by atoms with Gasteiger partial charge < -0.3 is 107 Å². The molecular formula is C51H68N6O19. The fourth-order valence-corrected chi connectivity index (χ4v) is 9.41. The van der Waals surface area contributed by atoms with Gasteiger partial charge in [-0.1, -0.05) is 78.9 Å². The van der Waals surface area contributed by atoms with Gasteiger partial charge in [0.25, 0.3) is 0 Å². The summed E-state index contributed by atoms with van der Waals surface area (Å²) in [5, 5.41) is 132. The molecular weight excluding hydrogens is 1000 g/mol. The summed E-state index contributed by atoms with van der Waals surface area (Å²) >= 11 is 0. The molecule has 25 nitrogen and oxygen atoms in total. The standard InChI is InChI=1S/C51H68N6O19/c58-22-35(62)45(75-51-44(69)42(67)46(37(24-60)74-51)76-50-43(68)41(66)40(65)36(23-59)73-50)39(64)34(61)21-53-31-18-38(63)56-33(17-27-19-52-30-14-8-7-13-29(27)30)49(72)57-32(16-26-11-5-2-6-12-26)48(71)55-28(20-54-47(31)70)15-25-9-3-1-4-10-25/h1-14,19,28,31-37,39-46,50-53,58-62,64-69H,15-18,20-24H2,(H,54,70)(H,55,71)(H,56,63)(H,57,72)/t28-,31-,32+,33+,34+,35-,36-,37-,39-,40-,41+,42-,43-,44-,45-,46-,50-,51-/m1/s1. The molecule has 1 aromatic heterocycles. The molecule has 3 fully saturated rings. The Bertz CT molecular complexity index is 2490. The molecule has 0 bridgehead atoms. The van der Waals surface area contributed by atoms with Crippen molar-refractivity contribution in [2.45, 2.75) is 136 Å². The average Bonchev–Trinajstić information content (AvgIpc) is 3.84. The number of carbonyl (C=O) groups is 4. The fraction of sp³-hybridized carbons (Fsp3) is 0.529. The number of hydrogen-bond acceptors (Lipinski definition) is 20. The molecule has 3 aliphatic rings. The molecule has 17 N–H and O–H groups in total. The predicted octanol–water partition coefficient (Wildman–Crippen LogP) is -5.79. The number of aliphatic hydroxyl groups is 11. The lowest BCUT2D eigenvalue weighted by Crippen LogP contribution is -2.65. The highest BCUT2D eigenvalue weighted by molar-refractivity contribution is 5.95. The molecule has 4 amide bonds. The van der Waals surface area contributed by atoms with Gasteiger partial charge >= 0.3 is 0 Å². The summed E-state index contributed by atoms with van der Waals surface area (Å²) in [5.74, 6) is -2.87. The molecule has 3 aromatic carbocycles. The van der Waals surface area contributed by atoms with Crippen LogP contribution in [0.5, 0.6) is 0 Å². The molecule has 3 aliphatic heterocycles. The first-order valence-electron chi connectivity index (χ1n) is 24.9. The Balaban J connectivity index is 1.09. The fourth-order valence-electron chi connectivity index (χ4n) is 9.41. The number of rotatable bonds is 19. The van der Waals surface area contributed by atoms with Crippen LogP contribution < -0.4 is 26.6 Å². The van der Waals surface area contributed by atoms with Crippen LogP contribution in [-0.2, 0) is 57.4 Å². The molecule has 0 aliphatic carbocycles. The van der Waals surface area contributed by atoms with Gasteiger partial charge in [0.15, 0.2) is 12.6 Å². The van der Waals surface area contributed by atoms with Crippen molar-refractivity contribution in [1.29, 1.82) is 0 Å². The number of benzene rings is 3. The maximum absolute atomic E-state index is 14.4. The largest absolute Gasteiger partial charge is 0.394 e. The van der Waals surface area contributed by atoms with Crippen LogP contribution in [0.15, 0.2) is 91.1 Å². The van der Waals surface area contributed by atoms with Crippen LogP contribution in [-0.4, -0.2) is 228 Å². The van der Waals surface area contributed by atoms with E-state index in [1.54, 1.807) is 30.5 Å². The van der Waals surface area contributed by atoms with E-state index in [2.05, 4.69) is 31.6 Å². The predicted molar refractivity (Wildman–Crippen MR) is 264 cm³/mol. The van der Waals surface area contributed by atoms with Crippen LogP contribution in [0.4, 0.5) is 0 Å². The van der Waals surface area contributed by atoms with E-state index in [0.717, 1.165) is 22.0 Å². The van der Waals surface area contributed by atoms with Crippen LogP contribution in [0.25, 0.3) is 10.9 Å². The first kappa shape index (κ1) is 58.1. The first-order valence-corrected chi connectivity index (χ1v) is 24.9. The molecule has 4 aromatic rings. The second-order valence-electron chi connectivity index (χ2n) is 19.2. The molecule has 416 valence electrons. The topological polar surface area (TPSA) is 404 Å². The van der Waals surface area contributed by atoms with Gasteiger partial charge in [-0.15, -0.1) is 0 Å². The van der Waals surface area contributed by atoms with Crippen molar-refractivity contribution in [3.8, 4) is 0 Å². The number of aromatic amines is 1. The quantitative estimate of drug-likeness (QED) is 0.0416. The number of H-pyrrole nitrogens is 1. The number of aliphatic hydroxyl groups excluding tert-OH is 11. The Labute approximate surface area is 435 Å². The van der Waals surface area contributed by atoms with E-state index >= 15 is 0 Å². The number of aromatic nitrogens is 1. The van der Waals surface area contributed by atoms with Crippen LogP contribution >= 0.6 is 0 Å². The van der Waals surface area contributed by atoms with E-state index in [0.29, 0.717) is 5.56 Å². The van der Waals surface area contributed by atoms with Gasteiger partial charge in [0.2, 0.25) is 23.6 Å². The Morgan fingerprint density at radius 2 is 1.24 bits per heavy atom. The number of ether oxygens (including phenoxy) is 4. The van der Waals surface area contributed by atoms with E-state index < -0.39 is 166 Å². The molecule has 3 saturated heterocycles. The van der Waals surface area contributed by atoms with Gasteiger partial charge in [-0.25, -0.2) is 0 Å². The van der Waals surface area contributed by atoms with E-state index in [-0.39, 0.29) is 25.8 Å². The first-order chi connectivity index (χ1) is 36.5. The summed E-state index contributed by atoms with van der Waals surface area (Å²) in [6.07, 6.45) is -25.5. The van der Waals surface area contributed by atoms with Crippen LogP contribution in [0.3, 0.4) is 0 Å². The number of para-hydroxylation sites is 1. The van der Waals surface area contributed by atoms with Crippen molar-refractivity contribution in [2.75, 3.05) is 32.9 Å². The minimum Gasteiger partial charge on any atom is -0.394 e. The summed E-state index contributed by atoms with van der Waals surface area (Å²) in [6.45, 7) is -3.80. The number of carbonyl (C=O) groups excluding carboxylic acids is 4. The monoisotopic (exact) mass is 1070 g/mol. The molecule has 0 unspecified atom stereocenters. The van der Waals surface area contributed by atoms with Crippen LogP contribution in [0.2, 0.25) is 0 Å². The van der Waals surface area contributed by atoms with E-state index in [1.165, 1.54) is 0 Å². The molecule has 7 rings (SSSR count). The molecule has 18 atom stereocenters. The Hall–Kier alpha value is -5.56. The number of fused-ring (bicyclic) bond motifs is 1. The zero-order valence-corrected chi connectivity index (χ0v) is 41.1. The molecule has 0 radical (unpaired) electrons. The third-order valence-corrected chi connectivity index (χ3v) is 13.7. The van der Waals surface area contributed by atoms with Crippen molar-refractivity contribution in [1.82, 2.24) is 31.6 Å². The molecule has 76 heavy (non-hydrogen) atoms. The van der Waals surface area contributed by atoms with Crippen LogP contribution in [0, 0.1) is 0 Å². The van der Waals surface area contributed by atoms with Crippen molar-refractivity contribution >= 4 is 34.5 Å². The maximum Gasteiger partial charge on any atom is 0.243 e. The highest BCUT2D eigenvalue weighted by atomic mass is 16.7. The van der Waals surface area contributed by atoms with Crippen molar-refractivity contribution < 1.29 is 94.3 Å². The highest BCUT2D eigenvalue weighted by Gasteiger charge is 2.52. The minimum atomic E-state index is -2.20. The summed E-state index contributed by atoms with van der Waals surface area (Å²) in [7, 11) is 0. The second kappa shape index (κ2) is 27.2. The highest BCUT2D eigenvalue weighted by Crippen LogP contribution is 2.31. The minimum absolute atomic E-state index is 0.0525. The van der Waals surface area contributed by atoms with Crippen molar-refractivity contribution in [3.63, 3.8) is 0 Å². The Kier molecular flexibility index (Phi) is 20.8. The molecule has 4 heterocycles. The zero-order chi connectivity index (χ0) is 54.6. The normalized spacial score (nSPS) is 31.7. The van der Waals surface area contributed by atoms with Gasteiger partial charge in [-0.2, -0.15) is 0 Å². The van der Waals surface area contributed by atoms with E-state index in [4.69, 9.17) is 18.9 Å². The lowest BCUT2D eigenvalue weighted by Gasteiger charge is -2.46. The summed E-state index contributed by atoms with van der Waals surface area (Å²) < 4.78 is 22.2. The van der Waals surface area contributed by atoms with Gasteiger partial charge in [-0.05, 0) is 29.2 Å². The summed E-state index contributed by atoms with van der Waals surface area (Å²) in [4.78, 5) is 60.2. The van der Waals surface area contributed by atoms with Gasteiger partial charge in [0.1, 0.15) is 79.2 Å². The lowest BCUT2D eigenvalue weighted by atomic mass is 9.96. The molecule has 0 saturated carbocycles. The smallest absolute Gasteiger partial charge is 0.243 e. The van der Waals surface area contributed by atoms with Crippen LogP contribution in [0.1, 0.15) is 23.1 Å².